The van der Waals surface area contributed by atoms with Gasteiger partial charge in [-0.1, -0.05) is 30.3 Å². The fourth-order valence-corrected chi connectivity index (χ4v) is 3.97. The van der Waals surface area contributed by atoms with E-state index in [0.717, 1.165) is 55.1 Å². The third-order valence-corrected chi connectivity index (χ3v) is 5.43. The van der Waals surface area contributed by atoms with E-state index in [1.165, 1.54) is 0 Å². The summed E-state index contributed by atoms with van der Waals surface area (Å²) in [4.78, 5) is 19.1. The second kappa shape index (κ2) is 8.46. The number of hydrogen-bond acceptors (Lipinski definition) is 3. The van der Waals surface area contributed by atoms with Crippen molar-refractivity contribution in [2.75, 3.05) is 19.7 Å². The minimum Gasteiger partial charge on any atom is -0.494 e. The van der Waals surface area contributed by atoms with Gasteiger partial charge < -0.3 is 14.2 Å². The molecule has 0 aliphatic carbocycles. The number of aryl methyl sites for hydroxylation is 1. The van der Waals surface area contributed by atoms with E-state index in [9.17, 15) is 4.79 Å². The summed E-state index contributed by atoms with van der Waals surface area (Å²) in [7, 11) is 0. The Kier molecular flexibility index (Phi) is 5.60. The Labute approximate surface area is 165 Å². The zero-order valence-corrected chi connectivity index (χ0v) is 16.4. The number of likely N-dealkylation sites (N-methyl/N-ethyl adjacent to an activating group) is 1. The monoisotopic (exact) mass is 377 g/mol. The molecule has 2 aromatic carbocycles. The quantitative estimate of drug-likeness (QED) is 0.552. The molecule has 1 amide bonds. The second-order valence-electron chi connectivity index (χ2n) is 7.31. The van der Waals surface area contributed by atoms with Crippen LogP contribution in [0, 0.1) is 0 Å². The van der Waals surface area contributed by atoms with Crippen LogP contribution in [0.2, 0.25) is 0 Å². The molecule has 0 spiro atoms. The van der Waals surface area contributed by atoms with Crippen LogP contribution in [0.4, 0.5) is 0 Å². The molecule has 1 atom stereocenters. The highest BCUT2D eigenvalue weighted by atomic mass is 16.5. The van der Waals surface area contributed by atoms with Crippen LogP contribution in [-0.4, -0.2) is 40.1 Å². The van der Waals surface area contributed by atoms with Gasteiger partial charge >= 0.3 is 0 Å². The number of ether oxygens (including phenoxy) is 1. The van der Waals surface area contributed by atoms with Crippen LogP contribution in [0.25, 0.3) is 11.0 Å². The topological polar surface area (TPSA) is 47.4 Å². The highest BCUT2D eigenvalue weighted by molar-refractivity contribution is 5.80. The summed E-state index contributed by atoms with van der Waals surface area (Å²) in [5.41, 5.74) is 2.17. The molecule has 146 valence electrons. The van der Waals surface area contributed by atoms with Crippen LogP contribution in [0.5, 0.6) is 5.75 Å². The van der Waals surface area contributed by atoms with Crippen LogP contribution < -0.4 is 4.74 Å². The van der Waals surface area contributed by atoms with Crippen molar-refractivity contribution < 1.29 is 9.53 Å². The number of para-hydroxylation sites is 3. The number of carbonyl (C=O) groups is 1. The Morgan fingerprint density at radius 2 is 1.86 bits per heavy atom. The van der Waals surface area contributed by atoms with E-state index >= 15 is 0 Å². The number of carbonyl (C=O) groups excluding carboxylic acids is 1. The summed E-state index contributed by atoms with van der Waals surface area (Å²) in [5.74, 6) is 2.39. The van der Waals surface area contributed by atoms with E-state index in [-0.39, 0.29) is 11.8 Å². The number of imidazole rings is 1. The molecule has 1 aliphatic rings. The second-order valence-corrected chi connectivity index (χ2v) is 7.31. The Morgan fingerprint density at radius 3 is 2.64 bits per heavy atom. The van der Waals surface area contributed by atoms with Crippen molar-refractivity contribution in [1.29, 1.82) is 0 Å². The molecule has 1 unspecified atom stereocenters. The smallest absolute Gasteiger partial charge is 0.223 e. The Hall–Kier alpha value is -2.82. The Morgan fingerprint density at radius 1 is 1.07 bits per heavy atom. The number of rotatable bonds is 8. The molecule has 28 heavy (non-hydrogen) atoms. The van der Waals surface area contributed by atoms with Crippen molar-refractivity contribution in [1.82, 2.24) is 14.5 Å². The molecule has 0 saturated carbocycles. The number of unbranched alkanes of at least 4 members (excludes halogenated alkanes) is 1. The molecule has 5 nitrogen and oxygen atoms in total. The van der Waals surface area contributed by atoms with E-state index in [2.05, 4.69) is 22.8 Å². The number of nitrogens with zero attached hydrogens (tertiary/aromatic N) is 3. The van der Waals surface area contributed by atoms with Crippen LogP contribution in [-0.2, 0) is 11.3 Å². The minimum atomic E-state index is 0.181. The Balaban J connectivity index is 1.44. The van der Waals surface area contributed by atoms with Gasteiger partial charge in [-0.05, 0) is 44.0 Å². The van der Waals surface area contributed by atoms with E-state index in [1.54, 1.807) is 0 Å². The molecule has 3 aromatic rings. The Bertz CT molecular complexity index is 935. The lowest BCUT2D eigenvalue weighted by Crippen LogP contribution is -2.24. The molecule has 0 radical (unpaired) electrons. The first kappa shape index (κ1) is 18.5. The number of hydrogen-bond donors (Lipinski definition) is 0. The van der Waals surface area contributed by atoms with Gasteiger partial charge in [0.1, 0.15) is 11.6 Å². The molecule has 0 bridgehead atoms. The van der Waals surface area contributed by atoms with Crippen LogP contribution in [0.3, 0.4) is 0 Å². The predicted octanol–water partition coefficient (Wildman–Crippen LogP) is 4.23. The first-order valence-electron chi connectivity index (χ1n) is 10.2. The lowest BCUT2D eigenvalue weighted by atomic mass is 10.1. The van der Waals surface area contributed by atoms with Crippen LogP contribution >= 0.6 is 0 Å². The molecule has 2 heterocycles. The molecule has 1 fully saturated rings. The third-order valence-electron chi connectivity index (χ3n) is 5.43. The average molecular weight is 377 g/mol. The van der Waals surface area contributed by atoms with Gasteiger partial charge in [0, 0.05) is 32.0 Å². The van der Waals surface area contributed by atoms with Gasteiger partial charge in [-0.3, -0.25) is 4.79 Å². The van der Waals surface area contributed by atoms with Crippen LogP contribution in [0.15, 0.2) is 54.6 Å². The van der Waals surface area contributed by atoms with Crippen molar-refractivity contribution in [2.45, 2.75) is 38.6 Å². The van der Waals surface area contributed by atoms with Gasteiger partial charge in [0.05, 0.1) is 17.6 Å². The summed E-state index contributed by atoms with van der Waals surface area (Å²) >= 11 is 0. The fraction of sp³-hybridized carbons (Fsp3) is 0.391. The van der Waals surface area contributed by atoms with E-state index in [4.69, 9.17) is 9.72 Å². The maximum absolute atomic E-state index is 12.2. The van der Waals surface area contributed by atoms with Crippen molar-refractivity contribution in [2.24, 2.45) is 0 Å². The highest BCUT2D eigenvalue weighted by Crippen LogP contribution is 2.30. The first-order valence-corrected chi connectivity index (χ1v) is 10.2. The van der Waals surface area contributed by atoms with Gasteiger partial charge in [-0.2, -0.15) is 0 Å². The summed E-state index contributed by atoms with van der Waals surface area (Å²) in [6.07, 6.45) is 2.55. The molecule has 5 heteroatoms. The molecule has 1 aromatic heterocycles. The number of fused-ring (bicyclic) bond motifs is 1. The van der Waals surface area contributed by atoms with Gasteiger partial charge in [0.2, 0.25) is 5.91 Å². The average Bonchev–Trinajstić information content (AvgIpc) is 3.28. The molecule has 0 N–H and O–H groups in total. The van der Waals surface area contributed by atoms with Crippen molar-refractivity contribution in [3.05, 3.63) is 60.4 Å². The van der Waals surface area contributed by atoms with Crippen molar-refractivity contribution in [3.63, 3.8) is 0 Å². The lowest BCUT2D eigenvalue weighted by Gasteiger charge is -2.15. The highest BCUT2D eigenvalue weighted by Gasteiger charge is 2.32. The molecule has 4 rings (SSSR count). The van der Waals surface area contributed by atoms with E-state index < -0.39 is 0 Å². The fourth-order valence-electron chi connectivity index (χ4n) is 3.97. The number of amides is 1. The molecule has 1 saturated heterocycles. The predicted molar refractivity (Wildman–Crippen MR) is 111 cm³/mol. The zero-order valence-electron chi connectivity index (χ0n) is 16.4. The van der Waals surface area contributed by atoms with Crippen molar-refractivity contribution in [3.8, 4) is 5.75 Å². The van der Waals surface area contributed by atoms with Crippen LogP contribution in [0.1, 0.15) is 37.9 Å². The number of aromatic nitrogens is 2. The van der Waals surface area contributed by atoms with E-state index in [1.807, 2.05) is 48.2 Å². The maximum Gasteiger partial charge on any atom is 0.223 e. The van der Waals surface area contributed by atoms with E-state index in [0.29, 0.717) is 13.0 Å². The lowest BCUT2D eigenvalue weighted by molar-refractivity contribution is -0.127. The standard InChI is InChI=1S/C23H27N3O2/c1-2-25-17-18(16-22(25)27)23-24-20-12-6-7-13-21(20)26(23)14-8-9-15-28-19-10-4-3-5-11-19/h3-7,10-13,18H,2,8-9,14-17H2,1H3. The molecular formula is C23H27N3O2. The molecule has 1 aliphatic heterocycles. The summed E-state index contributed by atoms with van der Waals surface area (Å²) in [5, 5.41) is 0. The summed E-state index contributed by atoms with van der Waals surface area (Å²) < 4.78 is 8.12. The van der Waals surface area contributed by atoms with Gasteiger partial charge in [0.25, 0.3) is 0 Å². The largest absolute Gasteiger partial charge is 0.494 e. The summed E-state index contributed by atoms with van der Waals surface area (Å²) in [6, 6.07) is 18.2. The maximum atomic E-state index is 12.2. The zero-order chi connectivity index (χ0) is 19.3. The minimum absolute atomic E-state index is 0.181. The van der Waals surface area contributed by atoms with Gasteiger partial charge in [0.15, 0.2) is 0 Å². The van der Waals surface area contributed by atoms with Gasteiger partial charge in [-0.25, -0.2) is 4.98 Å². The number of likely N-dealkylation sites (tertiary alicyclic amines) is 1. The van der Waals surface area contributed by atoms with Crippen molar-refractivity contribution >= 4 is 16.9 Å². The third kappa shape index (κ3) is 3.88. The first-order chi connectivity index (χ1) is 13.8. The SMILES string of the molecule is CCN1CC(c2nc3ccccc3n2CCCCOc2ccccc2)CC1=O. The molecular weight excluding hydrogens is 350 g/mol. The van der Waals surface area contributed by atoms with Gasteiger partial charge in [-0.15, -0.1) is 0 Å². The number of benzene rings is 2. The normalized spacial score (nSPS) is 16.8. The summed E-state index contributed by atoms with van der Waals surface area (Å²) in [6.45, 7) is 5.18.